The van der Waals surface area contributed by atoms with E-state index in [1.807, 2.05) is 52.6 Å². The van der Waals surface area contributed by atoms with E-state index in [9.17, 15) is 4.79 Å². The fourth-order valence-electron chi connectivity index (χ4n) is 4.52. The minimum absolute atomic E-state index is 0.00190. The zero-order valence-electron chi connectivity index (χ0n) is 18.8. The van der Waals surface area contributed by atoms with Crippen LogP contribution in [0, 0.1) is 6.92 Å². The van der Waals surface area contributed by atoms with Crippen LogP contribution in [0.15, 0.2) is 42.5 Å². The van der Waals surface area contributed by atoms with Gasteiger partial charge in [-0.25, -0.2) is 9.38 Å². The molecule has 1 aliphatic heterocycles. The van der Waals surface area contributed by atoms with E-state index < -0.39 is 0 Å². The van der Waals surface area contributed by atoms with Crippen LogP contribution in [0.2, 0.25) is 5.02 Å². The number of ether oxygens (including phenoxy) is 1. The molecule has 2 aromatic heterocycles. The van der Waals surface area contributed by atoms with Crippen LogP contribution in [0.25, 0.3) is 27.9 Å². The van der Waals surface area contributed by atoms with E-state index in [4.69, 9.17) is 21.3 Å². The molecular formula is C24H25ClN6O2. The normalized spacial score (nSPS) is 16.7. The fourth-order valence-corrected chi connectivity index (χ4v) is 4.69. The van der Waals surface area contributed by atoms with E-state index in [0.717, 1.165) is 39.4 Å². The number of anilines is 1. The number of fused-ring (bicyclic) bond motifs is 3. The summed E-state index contributed by atoms with van der Waals surface area (Å²) in [5, 5.41) is 10.6. The molecule has 5 rings (SSSR count). The number of hydrogen-bond acceptors (Lipinski definition) is 6. The number of hydrogen-bond donors (Lipinski definition) is 0. The zero-order valence-corrected chi connectivity index (χ0v) is 19.6. The molecule has 1 amide bonds. The van der Waals surface area contributed by atoms with Crippen LogP contribution in [-0.2, 0) is 9.53 Å². The van der Waals surface area contributed by atoms with Gasteiger partial charge in [0.05, 0.1) is 5.52 Å². The first-order chi connectivity index (χ1) is 16.0. The highest BCUT2D eigenvalue weighted by atomic mass is 35.5. The predicted molar refractivity (Wildman–Crippen MR) is 129 cm³/mol. The van der Waals surface area contributed by atoms with Gasteiger partial charge in [0.25, 0.3) is 0 Å². The minimum atomic E-state index is -0.00190. The number of piperazine rings is 1. The van der Waals surface area contributed by atoms with Crippen molar-refractivity contribution in [2.75, 3.05) is 38.3 Å². The summed E-state index contributed by atoms with van der Waals surface area (Å²) in [4.78, 5) is 21.5. The van der Waals surface area contributed by atoms with E-state index in [1.54, 1.807) is 7.11 Å². The maximum absolute atomic E-state index is 12.4. The highest BCUT2D eigenvalue weighted by molar-refractivity contribution is 6.31. The molecule has 0 spiro atoms. The summed E-state index contributed by atoms with van der Waals surface area (Å²) in [7, 11) is 1.54. The predicted octanol–water partition coefficient (Wildman–Crippen LogP) is 3.59. The summed E-state index contributed by atoms with van der Waals surface area (Å²) in [6.07, 6.45) is 0. The Morgan fingerprint density at radius 1 is 1.18 bits per heavy atom. The van der Waals surface area contributed by atoms with Gasteiger partial charge in [0.2, 0.25) is 11.9 Å². The van der Waals surface area contributed by atoms with Crippen molar-refractivity contribution >= 4 is 40.0 Å². The van der Waals surface area contributed by atoms with Crippen LogP contribution < -0.4 is 4.90 Å². The highest BCUT2D eigenvalue weighted by Crippen LogP contribution is 2.31. The third-order valence-electron chi connectivity index (χ3n) is 6.17. The Labute approximate surface area is 196 Å². The van der Waals surface area contributed by atoms with E-state index in [1.165, 1.54) is 0 Å². The molecule has 1 saturated heterocycles. The number of amides is 1. The largest absolute Gasteiger partial charge is 0.375 e. The topological polar surface area (TPSA) is 75.9 Å². The van der Waals surface area contributed by atoms with Crippen LogP contribution in [0.1, 0.15) is 12.5 Å². The lowest BCUT2D eigenvalue weighted by Crippen LogP contribution is -2.55. The van der Waals surface area contributed by atoms with Crippen LogP contribution in [0.3, 0.4) is 0 Å². The Bertz CT molecular complexity index is 1350. The Morgan fingerprint density at radius 3 is 2.76 bits per heavy atom. The Hall–Kier alpha value is -3.23. The first-order valence-corrected chi connectivity index (χ1v) is 11.3. The maximum Gasteiger partial charge on any atom is 0.248 e. The van der Waals surface area contributed by atoms with Crippen molar-refractivity contribution in [1.82, 2.24) is 24.5 Å². The van der Waals surface area contributed by atoms with E-state index >= 15 is 0 Å². The standard InChI is InChI=1S/C24H25ClN6O2/c1-15-6-4-5-7-18(15)22-27-28-23-19-9-8-17(25)12-20(19)26-24(31(22)23)29-10-11-30(16(2)13-29)21(32)14-33-3/h4-9,12,16H,10-11,13-14H2,1-3H3/t16-/m1/s1. The number of aromatic nitrogens is 4. The van der Waals surface area contributed by atoms with Gasteiger partial charge in [-0.15, -0.1) is 10.2 Å². The van der Waals surface area contributed by atoms with Crippen molar-refractivity contribution in [3.8, 4) is 11.4 Å². The molecule has 0 bridgehead atoms. The summed E-state index contributed by atoms with van der Waals surface area (Å²) < 4.78 is 7.07. The summed E-state index contributed by atoms with van der Waals surface area (Å²) in [5.74, 6) is 1.49. The van der Waals surface area contributed by atoms with Gasteiger partial charge in [0.15, 0.2) is 11.5 Å². The van der Waals surface area contributed by atoms with Gasteiger partial charge in [0.1, 0.15) is 6.61 Å². The second kappa shape index (κ2) is 8.61. The van der Waals surface area contributed by atoms with Gasteiger partial charge in [-0.3, -0.25) is 4.79 Å². The lowest BCUT2D eigenvalue weighted by Gasteiger charge is -2.40. The molecule has 1 aliphatic rings. The molecule has 3 heterocycles. The van der Waals surface area contributed by atoms with Crippen LogP contribution in [0.4, 0.5) is 5.95 Å². The second-order valence-corrected chi connectivity index (χ2v) is 8.82. The van der Waals surface area contributed by atoms with Crippen LogP contribution in [0.5, 0.6) is 0 Å². The van der Waals surface area contributed by atoms with E-state index in [0.29, 0.717) is 24.7 Å². The molecule has 0 radical (unpaired) electrons. The summed E-state index contributed by atoms with van der Waals surface area (Å²) in [5.41, 5.74) is 3.61. The van der Waals surface area contributed by atoms with Gasteiger partial charge in [0, 0.05) is 48.8 Å². The highest BCUT2D eigenvalue weighted by Gasteiger charge is 2.30. The molecule has 1 atom stereocenters. The molecule has 170 valence electrons. The first kappa shape index (κ1) is 21.6. The van der Waals surface area contributed by atoms with Gasteiger partial charge in [-0.1, -0.05) is 35.9 Å². The molecule has 33 heavy (non-hydrogen) atoms. The quantitative estimate of drug-likeness (QED) is 0.459. The average molecular weight is 465 g/mol. The van der Waals surface area contributed by atoms with Crippen molar-refractivity contribution < 1.29 is 9.53 Å². The molecule has 8 nitrogen and oxygen atoms in total. The summed E-state index contributed by atoms with van der Waals surface area (Å²) in [6.45, 7) is 6.05. The minimum Gasteiger partial charge on any atom is -0.375 e. The van der Waals surface area contributed by atoms with Crippen molar-refractivity contribution in [1.29, 1.82) is 0 Å². The number of carbonyl (C=O) groups is 1. The molecule has 0 aliphatic carbocycles. The molecule has 2 aromatic carbocycles. The number of carbonyl (C=O) groups excluding carboxylic acids is 1. The monoisotopic (exact) mass is 464 g/mol. The number of nitrogens with zero attached hydrogens (tertiary/aromatic N) is 6. The summed E-state index contributed by atoms with van der Waals surface area (Å²) >= 11 is 6.28. The van der Waals surface area contributed by atoms with Gasteiger partial charge in [-0.05, 0) is 37.6 Å². The number of methoxy groups -OCH3 is 1. The Morgan fingerprint density at radius 2 is 2.00 bits per heavy atom. The van der Waals surface area contributed by atoms with E-state index in [2.05, 4.69) is 28.1 Å². The molecule has 1 fully saturated rings. The van der Waals surface area contributed by atoms with E-state index in [-0.39, 0.29) is 18.6 Å². The van der Waals surface area contributed by atoms with Crippen LogP contribution >= 0.6 is 11.6 Å². The Kier molecular flexibility index (Phi) is 5.64. The first-order valence-electron chi connectivity index (χ1n) is 10.9. The molecule has 0 saturated carbocycles. The smallest absolute Gasteiger partial charge is 0.248 e. The fraction of sp³-hybridized carbons (Fsp3) is 0.333. The third-order valence-corrected chi connectivity index (χ3v) is 6.40. The van der Waals surface area contributed by atoms with Crippen molar-refractivity contribution in [2.24, 2.45) is 0 Å². The summed E-state index contributed by atoms with van der Waals surface area (Å²) in [6, 6.07) is 13.8. The zero-order chi connectivity index (χ0) is 23.1. The van der Waals surface area contributed by atoms with Crippen molar-refractivity contribution in [3.63, 3.8) is 0 Å². The average Bonchev–Trinajstić information content (AvgIpc) is 3.23. The maximum atomic E-state index is 12.4. The second-order valence-electron chi connectivity index (χ2n) is 8.39. The molecular weight excluding hydrogens is 440 g/mol. The van der Waals surface area contributed by atoms with Gasteiger partial charge < -0.3 is 14.5 Å². The lowest BCUT2D eigenvalue weighted by atomic mass is 10.1. The molecule has 0 N–H and O–H groups in total. The lowest BCUT2D eigenvalue weighted by molar-refractivity contribution is -0.137. The van der Waals surface area contributed by atoms with Gasteiger partial charge in [-0.2, -0.15) is 0 Å². The Balaban J connectivity index is 1.66. The molecule has 0 unspecified atom stereocenters. The molecule has 4 aromatic rings. The third kappa shape index (κ3) is 3.79. The van der Waals surface area contributed by atoms with Crippen LogP contribution in [-0.4, -0.2) is 69.8 Å². The SMILES string of the molecule is COCC(=O)N1CCN(c2nc3cc(Cl)ccc3c3nnc(-c4ccccc4C)n23)C[C@H]1C. The van der Waals surface area contributed by atoms with Crippen molar-refractivity contribution in [2.45, 2.75) is 19.9 Å². The van der Waals surface area contributed by atoms with Crippen molar-refractivity contribution in [3.05, 3.63) is 53.1 Å². The molecule has 9 heteroatoms. The number of aryl methyl sites for hydroxylation is 1. The van der Waals surface area contributed by atoms with Gasteiger partial charge >= 0.3 is 0 Å². The number of benzene rings is 2. The number of rotatable bonds is 4. The number of halogens is 1.